The van der Waals surface area contributed by atoms with E-state index in [1.165, 1.54) is 0 Å². The van der Waals surface area contributed by atoms with Gasteiger partial charge in [0.25, 0.3) is 0 Å². The molecule has 0 aromatic rings. The Hall–Kier alpha value is 1.84. The number of rotatable bonds is 0. The average Bonchev–Trinajstić information content (AvgIpc) is 1.76. The molecule has 0 aromatic heterocycles. The summed E-state index contributed by atoms with van der Waals surface area (Å²) in [5.41, 5.74) is 0. The van der Waals surface area contributed by atoms with Gasteiger partial charge in [0.05, 0.1) is 0 Å². The van der Waals surface area contributed by atoms with E-state index in [0.717, 1.165) is 0 Å². The third-order valence-electron chi connectivity index (χ3n) is 0.556. The summed E-state index contributed by atoms with van der Waals surface area (Å²) >= 11 is 0. The molecule has 0 spiro atoms. The molecular weight excluding hydrogens is 296 g/mol. The molecule has 6 radical (unpaired) electrons. The van der Waals surface area contributed by atoms with Crippen molar-refractivity contribution in [2.75, 3.05) is 0 Å². The van der Waals surface area contributed by atoms with E-state index in [9.17, 15) is 0 Å². The fourth-order valence-electron chi connectivity index (χ4n) is 0.321. The van der Waals surface area contributed by atoms with Gasteiger partial charge in [-0.25, -0.2) is 0 Å². The molecule has 0 nitrogen and oxygen atoms in total. The van der Waals surface area contributed by atoms with Crippen LogP contribution in [0, 0.1) is 69.8 Å². The Morgan fingerprint density at radius 3 is 0.750 bits per heavy atom. The third kappa shape index (κ3) is 7.84. The van der Waals surface area contributed by atoms with E-state index in [-0.39, 0.29) is 62.6 Å². The van der Waals surface area contributed by atoms with Gasteiger partial charge in [-0.1, -0.05) is 0 Å². The maximum Gasteiger partial charge on any atom is 0 e. The minimum absolute atomic E-state index is 0. The van der Waals surface area contributed by atoms with Crippen molar-refractivity contribution in [2.45, 2.75) is 0 Å². The molecule has 1 saturated carbocycles. The molecule has 1 aliphatic rings. The molecule has 0 heterocycles. The van der Waals surface area contributed by atoms with Crippen LogP contribution in [0.3, 0.4) is 0 Å². The van der Waals surface area contributed by atoms with Gasteiger partial charge in [0.1, 0.15) is 0 Å². The molecule has 0 amide bonds. The van der Waals surface area contributed by atoms with Gasteiger partial charge in [0.15, 0.2) is 0 Å². The molecule has 8 heavy (non-hydrogen) atoms. The van der Waals surface area contributed by atoms with Gasteiger partial charge in [-0.2, -0.15) is 0 Å². The molecule has 0 bridgehead atoms. The van der Waals surface area contributed by atoms with Crippen LogP contribution in [0.4, 0.5) is 0 Å². The summed E-state index contributed by atoms with van der Waals surface area (Å²) in [6.45, 7) is 0. The Labute approximate surface area is 93.6 Å². The molecule has 1 aliphatic carbocycles. The van der Waals surface area contributed by atoms with Crippen LogP contribution in [0.5, 0.6) is 0 Å². The first-order valence-electron chi connectivity index (χ1n) is 1.67. The summed E-state index contributed by atoms with van der Waals surface area (Å²) in [6, 6.07) is 0. The predicted molar refractivity (Wildman–Crippen MR) is 21.5 cm³/mol. The molecule has 1 rings (SSSR count). The summed E-state index contributed by atoms with van der Waals surface area (Å²) in [4.78, 5) is 0. The first-order valence-corrected chi connectivity index (χ1v) is 1.67. The number of hydrogen-bond acceptors (Lipinski definition) is 0. The molecule has 0 N–H and O–H groups in total. The Kier molecular flexibility index (Phi) is 23.9. The summed E-state index contributed by atoms with van der Waals surface area (Å²) in [7, 11) is 0. The zero-order valence-corrected chi connectivity index (χ0v) is 7.39. The van der Waals surface area contributed by atoms with Crippen LogP contribution in [0.25, 0.3) is 0 Å². The van der Waals surface area contributed by atoms with Crippen molar-refractivity contribution in [3.05, 3.63) is 32.1 Å². The zero-order valence-electron chi connectivity index (χ0n) is 3.94. The second-order valence-electron chi connectivity index (χ2n) is 0.962. The zero-order chi connectivity index (χ0) is 3.54. The standard InChI is InChI=1S/C5H5.2ClH.Ho/c1-2-4-5-3-1;;;/h1-5H;2*1H;/p-2. The SMILES string of the molecule is [CH]1[CH][CH][CH][CH]1.[Cl-].[Cl-].[Ho]. The second kappa shape index (κ2) is 11.6. The summed E-state index contributed by atoms with van der Waals surface area (Å²) < 4.78 is 0. The maximum absolute atomic E-state index is 2.00. The van der Waals surface area contributed by atoms with E-state index in [2.05, 4.69) is 0 Å². The quantitative estimate of drug-likeness (QED) is 0.393. The van der Waals surface area contributed by atoms with Gasteiger partial charge in [0.2, 0.25) is 0 Å². The van der Waals surface area contributed by atoms with E-state index in [0.29, 0.717) is 0 Å². The average molecular weight is 301 g/mol. The van der Waals surface area contributed by atoms with Crippen LogP contribution in [0.2, 0.25) is 0 Å². The van der Waals surface area contributed by atoms with Gasteiger partial charge in [-0.3, -0.25) is 0 Å². The van der Waals surface area contributed by atoms with Crippen LogP contribution in [-0.2, 0) is 0 Å². The van der Waals surface area contributed by atoms with Crippen molar-refractivity contribution >= 4 is 0 Å². The van der Waals surface area contributed by atoms with Crippen LogP contribution in [0.1, 0.15) is 0 Å². The van der Waals surface area contributed by atoms with Crippen molar-refractivity contribution in [2.24, 2.45) is 0 Å². The van der Waals surface area contributed by atoms with E-state index in [1.807, 2.05) is 32.1 Å². The monoisotopic (exact) mass is 300 g/mol. The molecule has 0 atom stereocenters. The van der Waals surface area contributed by atoms with Crippen LogP contribution < -0.4 is 24.8 Å². The van der Waals surface area contributed by atoms with Gasteiger partial charge >= 0.3 is 0 Å². The molecule has 0 saturated heterocycles. The number of halogens is 2. The topological polar surface area (TPSA) is 0 Å². The van der Waals surface area contributed by atoms with Gasteiger partial charge < -0.3 is 24.8 Å². The van der Waals surface area contributed by atoms with E-state index >= 15 is 0 Å². The number of hydrogen-bond donors (Lipinski definition) is 0. The van der Waals surface area contributed by atoms with E-state index in [1.54, 1.807) is 0 Å². The first kappa shape index (κ1) is 16.4. The smallest absolute Gasteiger partial charge is 0 e. The van der Waals surface area contributed by atoms with Crippen molar-refractivity contribution in [1.82, 2.24) is 0 Å². The van der Waals surface area contributed by atoms with Gasteiger partial charge in [0, 0.05) is 37.7 Å². The van der Waals surface area contributed by atoms with Crippen LogP contribution in [0.15, 0.2) is 0 Å². The van der Waals surface area contributed by atoms with E-state index < -0.39 is 0 Å². The minimum atomic E-state index is 0. The Balaban J connectivity index is -0.0000000833. The third-order valence-corrected chi connectivity index (χ3v) is 0.556. The molecule has 0 unspecified atom stereocenters. The van der Waals surface area contributed by atoms with Crippen molar-refractivity contribution in [3.63, 3.8) is 0 Å². The Morgan fingerprint density at radius 2 is 0.625 bits per heavy atom. The maximum atomic E-state index is 2.00. The molecular formula is C5H5Cl2Ho-2. The van der Waals surface area contributed by atoms with Crippen molar-refractivity contribution < 1.29 is 62.6 Å². The molecule has 0 aromatic carbocycles. The van der Waals surface area contributed by atoms with E-state index in [4.69, 9.17) is 0 Å². The molecule has 52 valence electrons. The minimum Gasteiger partial charge on any atom is -1.00 e. The fraction of sp³-hybridized carbons (Fsp3) is 0. The summed E-state index contributed by atoms with van der Waals surface area (Å²) in [5, 5.41) is 0. The summed E-state index contributed by atoms with van der Waals surface area (Å²) in [6.07, 6.45) is 10.0. The largest absolute Gasteiger partial charge is 1.00 e. The first-order chi connectivity index (χ1) is 2.50. The van der Waals surface area contributed by atoms with Crippen molar-refractivity contribution in [1.29, 1.82) is 0 Å². The normalized spacial score (nSPS) is 15.0. The van der Waals surface area contributed by atoms with Crippen LogP contribution >= 0.6 is 0 Å². The predicted octanol–water partition coefficient (Wildman–Crippen LogP) is -4.97. The van der Waals surface area contributed by atoms with Gasteiger partial charge in [-0.15, -0.1) is 0 Å². The molecule has 0 aliphatic heterocycles. The van der Waals surface area contributed by atoms with Gasteiger partial charge in [-0.05, 0) is 32.1 Å². The molecule has 1 fully saturated rings. The second-order valence-corrected chi connectivity index (χ2v) is 0.962. The van der Waals surface area contributed by atoms with Crippen LogP contribution in [-0.4, -0.2) is 0 Å². The Morgan fingerprint density at radius 1 is 0.500 bits per heavy atom. The fourth-order valence-corrected chi connectivity index (χ4v) is 0.321. The molecule has 3 heteroatoms. The van der Waals surface area contributed by atoms with Crippen molar-refractivity contribution in [3.8, 4) is 0 Å². The Bertz CT molecular complexity index is 22.0. The summed E-state index contributed by atoms with van der Waals surface area (Å²) in [5.74, 6) is 0.